The average molecular weight is 396 g/mol. The first kappa shape index (κ1) is 20.9. The van der Waals surface area contributed by atoms with E-state index < -0.39 is 5.82 Å². The second-order valence-electron chi connectivity index (χ2n) is 6.28. The number of piperidine rings is 1. The van der Waals surface area contributed by atoms with E-state index in [-0.39, 0.29) is 35.8 Å². The van der Waals surface area contributed by atoms with Crippen LogP contribution in [0.25, 0.3) is 0 Å². The lowest BCUT2D eigenvalue weighted by atomic mass is 10.0. The van der Waals surface area contributed by atoms with Gasteiger partial charge in [0.1, 0.15) is 11.6 Å². The Morgan fingerprint density at radius 2 is 2.00 bits per heavy atom. The lowest BCUT2D eigenvalue weighted by Gasteiger charge is -2.32. The van der Waals surface area contributed by atoms with Crippen molar-refractivity contribution in [2.45, 2.75) is 25.3 Å². The van der Waals surface area contributed by atoms with Crippen molar-refractivity contribution < 1.29 is 14.0 Å². The molecule has 1 fully saturated rings. The van der Waals surface area contributed by atoms with Gasteiger partial charge in [-0.05, 0) is 31.0 Å². The highest BCUT2D eigenvalue weighted by molar-refractivity contribution is 6.03. The molecule has 0 radical (unpaired) electrons. The number of carbonyl (C=O) groups excluding carboxylic acids is 2. The van der Waals surface area contributed by atoms with Crippen molar-refractivity contribution in [3.8, 4) is 0 Å². The number of likely N-dealkylation sites (tertiary alicyclic amines) is 1. The molecule has 2 heterocycles. The van der Waals surface area contributed by atoms with Gasteiger partial charge in [-0.3, -0.25) is 9.59 Å². The number of hydrogen-bond acceptors (Lipinski definition) is 4. The molecule has 0 aliphatic carbocycles. The first-order chi connectivity index (χ1) is 12.6. The predicted octanol–water partition coefficient (Wildman–Crippen LogP) is 2.21. The van der Waals surface area contributed by atoms with E-state index in [1.54, 1.807) is 23.0 Å². The van der Waals surface area contributed by atoms with E-state index in [0.29, 0.717) is 31.9 Å². The molecular weight excluding hydrogens is 373 g/mol. The summed E-state index contributed by atoms with van der Waals surface area (Å²) < 4.78 is 15.1. The highest BCUT2D eigenvalue weighted by Gasteiger charge is 2.25. The zero-order valence-electron chi connectivity index (χ0n) is 14.8. The Balaban J connectivity index is 0.00000261. The number of carbonyl (C=O) groups is 2. The van der Waals surface area contributed by atoms with Crippen molar-refractivity contribution in [2.75, 3.05) is 25.0 Å². The number of benzene rings is 1. The van der Waals surface area contributed by atoms with E-state index in [1.165, 1.54) is 18.2 Å². The summed E-state index contributed by atoms with van der Waals surface area (Å²) in [6.45, 7) is 1.63. The summed E-state index contributed by atoms with van der Waals surface area (Å²) in [5.41, 5.74) is 5.69. The Morgan fingerprint density at radius 3 is 2.67 bits per heavy atom. The molecule has 1 aromatic heterocycles. The second-order valence-corrected chi connectivity index (χ2v) is 6.28. The molecular formula is C18H23ClFN5O2. The fraction of sp³-hybridized carbons (Fsp3) is 0.389. The van der Waals surface area contributed by atoms with Crippen molar-refractivity contribution in [2.24, 2.45) is 5.73 Å². The number of hydrogen-bond donors (Lipinski definition) is 2. The van der Waals surface area contributed by atoms with Crippen molar-refractivity contribution >= 4 is 30.0 Å². The van der Waals surface area contributed by atoms with Crippen LogP contribution in [0.3, 0.4) is 0 Å². The number of amides is 2. The van der Waals surface area contributed by atoms with Crippen LogP contribution >= 0.6 is 12.4 Å². The minimum atomic E-state index is -0.458. The number of rotatable bonds is 5. The molecule has 1 aromatic carbocycles. The van der Waals surface area contributed by atoms with E-state index in [0.717, 1.165) is 12.8 Å². The van der Waals surface area contributed by atoms with Crippen molar-refractivity contribution in [3.63, 3.8) is 0 Å². The monoisotopic (exact) mass is 395 g/mol. The Bertz CT molecular complexity index is 790. The number of aromatic nitrogens is 2. The molecule has 1 aliphatic heterocycles. The minimum absolute atomic E-state index is 0. The summed E-state index contributed by atoms with van der Waals surface area (Å²) in [6, 6.07) is 7.34. The lowest BCUT2D eigenvalue weighted by molar-refractivity contribution is -0.132. The normalized spacial score (nSPS) is 14.5. The summed E-state index contributed by atoms with van der Waals surface area (Å²) >= 11 is 0. The quantitative estimate of drug-likeness (QED) is 0.811. The van der Waals surface area contributed by atoms with Crippen LogP contribution in [0, 0.1) is 5.82 Å². The van der Waals surface area contributed by atoms with Gasteiger partial charge in [-0.2, -0.15) is 5.10 Å². The van der Waals surface area contributed by atoms with Gasteiger partial charge in [0.2, 0.25) is 5.91 Å². The molecule has 0 spiro atoms. The molecule has 0 bridgehead atoms. The van der Waals surface area contributed by atoms with Crippen LogP contribution in [0.5, 0.6) is 0 Å². The number of halogens is 2. The fourth-order valence-electron chi connectivity index (χ4n) is 3.16. The van der Waals surface area contributed by atoms with Crippen LogP contribution in [0.4, 0.5) is 10.2 Å². The molecule has 2 amide bonds. The van der Waals surface area contributed by atoms with Gasteiger partial charge in [0.05, 0.1) is 12.2 Å². The fourth-order valence-corrected chi connectivity index (χ4v) is 3.16. The standard InChI is InChI=1S/C18H22FN5O2.ClH/c19-14-3-1-2-13(12-14)18(26)22-16-5-9-21-24(16)15-6-10-23(11-7-15)17(25)4-8-20;/h1-3,5,9,12,15H,4,6-8,10-11,20H2,(H,22,26);1H. The van der Waals surface area contributed by atoms with Crippen molar-refractivity contribution in [3.05, 3.63) is 47.9 Å². The number of nitrogens with zero attached hydrogens (tertiary/aromatic N) is 3. The van der Waals surface area contributed by atoms with Gasteiger partial charge in [0.15, 0.2) is 0 Å². The third kappa shape index (κ3) is 5.05. The first-order valence-corrected chi connectivity index (χ1v) is 8.66. The highest BCUT2D eigenvalue weighted by atomic mass is 35.5. The van der Waals surface area contributed by atoms with Gasteiger partial charge in [0.25, 0.3) is 5.91 Å². The molecule has 1 saturated heterocycles. The van der Waals surface area contributed by atoms with E-state index in [4.69, 9.17) is 5.73 Å². The third-order valence-corrected chi connectivity index (χ3v) is 4.52. The Hall–Kier alpha value is -2.45. The molecule has 27 heavy (non-hydrogen) atoms. The molecule has 3 N–H and O–H groups in total. The molecule has 0 saturated carbocycles. The van der Waals surface area contributed by atoms with Crippen molar-refractivity contribution in [1.29, 1.82) is 0 Å². The number of anilines is 1. The molecule has 9 heteroatoms. The summed E-state index contributed by atoms with van der Waals surface area (Å²) in [4.78, 5) is 26.1. The summed E-state index contributed by atoms with van der Waals surface area (Å²) in [7, 11) is 0. The molecule has 1 aliphatic rings. The van der Waals surface area contributed by atoms with E-state index in [2.05, 4.69) is 10.4 Å². The van der Waals surface area contributed by atoms with Gasteiger partial charge >= 0.3 is 0 Å². The minimum Gasteiger partial charge on any atom is -0.343 e. The van der Waals surface area contributed by atoms with Gasteiger partial charge in [-0.1, -0.05) is 6.07 Å². The average Bonchev–Trinajstić information content (AvgIpc) is 3.10. The smallest absolute Gasteiger partial charge is 0.256 e. The maximum absolute atomic E-state index is 13.3. The van der Waals surface area contributed by atoms with Crippen LogP contribution in [0.15, 0.2) is 36.5 Å². The zero-order chi connectivity index (χ0) is 18.5. The molecule has 146 valence electrons. The van der Waals surface area contributed by atoms with Crippen LogP contribution in [0.2, 0.25) is 0 Å². The number of nitrogens with one attached hydrogen (secondary N) is 1. The highest BCUT2D eigenvalue weighted by Crippen LogP contribution is 2.26. The third-order valence-electron chi connectivity index (χ3n) is 4.52. The van der Waals surface area contributed by atoms with Crippen LogP contribution in [-0.4, -0.2) is 46.1 Å². The SMILES string of the molecule is Cl.NCCC(=O)N1CCC(n2nccc2NC(=O)c2cccc(F)c2)CC1. The van der Waals surface area contributed by atoms with Gasteiger partial charge in [-0.15, -0.1) is 12.4 Å². The molecule has 0 atom stereocenters. The Kier molecular flexibility index (Phi) is 7.32. The van der Waals surface area contributed by atoms with Crippen LogP contribution < -0.4 is 11.1 Å². The summed E-state index contributed by atoms with van der Waals surface area (Å²) in [5, 5.41) is 7.10. The van der Waals surface area contributed by atoms with Crippen LogP contribution in [0.1, 0.15) is 35.7 Å². The zero-order valence-corrected chi connectivity index (χ0v) is 15.6. The van der Waals surface area contributed by atoms with Gasteiger partial charge in [0, 0.05) is 37.7 Å². The molecule has 3 rings (SSSR count). The van der Waals surface area contributed by atoms with E-state index in [1.807, 2.05) is 4.90 Å². The maximum Gasteiger partial charge on any atom is 0.256 e. The Labute approximate surface area is 163 Å². The van der Waals surface area contributed by atoms with Crippen LogP contribution in [-0.2, 0) is 4.79 Å². The molecule has 7 nitrogen and oxygen atoms in total. The molecule has 2 aromatic rings. The largest absolute Gasteiger partial charge is 0.343 e. The topological polar surface area (TPSA) is 93.2 Å². The molecule has 0 unspecified atom stereocenters. The predicted molar refractivity (Wildman–Crippen MR) is 102 cm³/mol. The van der Waals surface area contributed by atoms with Gasteiger partial charge < -0.3 is 16.0 Å². The second kappa shape index (κ2) is 9.48. The summed E-state index contributed by atoms with van der Waals surface area (Å²) in [6.07, 6.45) is 3.48. The lowest BCUT2D eigenvalue weighted by Crippen LogP contribution is -2.40. The summed E-state index contributed by atoms with van der Waals surface area (Å²) in [5.74, 6) is -0.209. The first-order valence-electron chi connectivity index (χ1n) is 8.66. The Morgan fingerprint density at radius 1 is 1.26 bits per heavy atom. The number of nitrogens with two attached hydrogens (primary N) is 1. The van der Waals surface area contributed by atoms with E-state index >= 15 is 0 Å². The maximum atomic E-state index is 13.3. The van der Waals surface area contributed by atoms with Crippen molar-refractivity contribution in [1.82, 2.24) is 14.7 Å². The van der Waals surface area contributed by atoms with Gasteiger partial charge in [-0.25, -0.2) is 9.07 Å². The van der Waals surface area contributed by atoms with E-state index in [9.17, 15) is 14.0 Å².